The SMILES string of the molecule is OC1(c2cccnc2)CC2CCC(C1)N2Cc1nnnn1Cc1ccc(F)cc1. The average molecular weight is 394 g/mol. The number of hydrogen-bond donors (Lipinski definition) is 1. The van der Waals surface area contributed by atoms with Gasteiger partial charge < -0.3 is 5.11 Å². The third kappa shape index (κ3) is 3.54. The molecule has 8 heteroatoms. The van der Waals surface area contributed by atoms with E-state index in [-0.39, 0.29) is 17.9 Å². The van der Waals surface area contributed by atoms with Crippen molar-refractivity contribution in [3.63, 3.8) is 0 Å². The van der Waals surface area contributed by atoms with Crippen LogP contribution >= 0.6 is 0 Å². The lowest BCUT2D eigenvalue weighted by Gasteiger charge is -2.43. The van der Waals surface area contributed by atoms with Crippen LogP contribution in [0.15, 0.2) is 48.8 Å². The van der Waals surface area contributed by atoms with Crippen molar-refractivity contribution in [2.75, 3.05) is 0 Å². The molecule has 2 aliphatic heterocycles. The number of rotatable bonds is 5. The summed E-state index contributed by atoms with van der Waals surface area (Å²) in [4.78, 5) is 6.61. The van der Waals surface area contributed by atoms with Gasteiger partial charge in [-0.15, -0.1) is 5.10 Å². The van der Waals surface area contributed by atoms with Crippen LogP contribution in [0.5, 0.6) is 0 Å². The molecule has 1 N–H and O–H groups in total. The number of halogens is 1. The average Bonchev–Trinajstić information content (AvgIpc) is 3.27. The fraction of sp³-hybridized carbons (Fsp3) is 0.429. The molecular weight excluding hydrogens is 371 g/mol. The number of benzene rings is 1. The Kier molecular flexibility index (Phi) is 4.60. The molecule has 4 heterocycles. The van der Waals surface area contributed by atoms with Gasteiger partial charge in [0, 0.05) is 30.0 Å². The first kappa shape index (κ1) is 18.3. The minimum absolute atomic E-state index is 0.253. The molecule has 2 aromatic heterocycles. The number of tetrazole rings is 1. The van der Waals surface area contributed by atoms with E-state index in [1.165, 1.54) is 12.1 Å². The largest absolute Gasteiger partial charge is 0.385 e. The minimum atomic E-state index is -0.823. The summed E-state index contributed by atoms with van der Waals surface area (Å²) in [5.74, 6) is 0.537. The number of aliphatic hydroxyl groups is 1. The Morgan fingerprint density at radius 2 is 1.83 bits per heavy atom. The highest BCUT2D eigenvalue weighted by Crippen LogP contribution is 2.45. The molecule has 150 valence electrons. The Morgan fingerprint density at radius 3 is 2.52 bits per heavy atom. The molecule has 7 nitrogen and oxygen atoms in total. The van der Waals surface area contributed by atoms with E-state index in [9.17, 15) is 9.50 Å². The highest BCUT2D eigenvalue weighted by molar-refractivity contribution is 5.22. The molecule has 1 aromatic carbocycles. The summed E-state index contributed by atoms with van der Waals surface area (Å²) in [5.41, 5.74) is 1.03. The van der Waals surface area contributed by atoms with E-state index in [2.05, 4.69) is 25.4 Å². The van der Waals surface area contributed by atoms with Crippen LogP contribution in [0.2, 0.25) is 0 Å². The normalized spacial score (nSPS) is 26.7. The summed E-state index contributed by atoms with van der Waals surface area (Å²) < 4.78 is 14.9. The van der Waals surface area contributed by atoms with Crippen LogP contribution in [0.25, 0.3) is 0 Å². The van der Waals surface area contributed by atoms with E-state index in [1.807, 2.05) is 12.1 Å². The van der Waals surface area contributed by atoms with Gasteiger partial charge in [-0.3, -0.25) is 9.88 Å². The molecule has 2 unspecified atom stereocenters. The number of pyridine rings is 1. The molecule has 2 atom stereocenters. The van der Waals surface area contributed by atoms with E-state index in [1.54, 1.807) is 29.2 Å². The zero-order valence-corrected chi connectivity index (χ0v) is 16.0. The maximum Gasteiger partial charge on any atom is 0.165 e. The topological polar surface area (TPSA) is 80.0 Å². The highest BCUT2D eigenvalue weighted by Gasteiger charge is 2.48. The third-order valence-electron chi connectivity index (χ3n) is 6.29. The summed E-state index contributed by atoms with van der Waals surface area (Å²) in [7, 11) is 0. The summed E-state index contributed by atoms with van der Waals surface area (Å²) >= 11 is 0. The van der Waals surface area contributed by atoms with Crippen LogP contribution in [-0.2, 0) is 18.7 Å². The standard InChI is InChI=1S/C21H23FN6O/c22-17-5-3-15(4-6-17)13-28-20(24-25-26-28)14-27-18-7-8-19(27)11-21(29,10-18)16-2-1-9-23-12-16/h1-6,9,12,18-19,29H,7-8,10-11,13-14H2. The van der Waals surface area contributed by atoms with Crippen LogP contribution in [0.4, 0.5) is 4.39 Å². The molecule has 2 aliphatic rings. The molecule has 0 saturated carbocycles. The minimum Gasteiger partial charge on any atom is -0.385 e. The van der Waals surface area contributed by atoms with Gasteiger partial charge in [0.05, 0.1) is 18.7 Å². The second kappa shape index (κ2) is 7.27. The summed E-state index contributed by atoms with van der Waals surface area (Å²) in [6.07, 6.45) is 7.01. The predicted octanol–water partition coefficient (Wildman–Crippen LogP) is 2.27. The van der Waals surface area contributed by atoms with Crippen molar-refractivity contribution < 1.29 is 9.50 Å². The molecule has 2 saturated heterocycles. The number of piperidine rings is 1. The maximum absolute atomic E-state index is 13.2. The molecule has 29 heavy (non-hydrogen) atoms. The second-order valence-electron chi connectivity index (χ2n) is 8.12. The molecule has 0 radical (unpaired) electrons. The molecule has 0 amide bonds. The molecule has 2 fully saturated rings. The summed E-state index contributed by atoms with van der Waals surface area (Å²) in [5, 5.41) is 23.5. The quantitative estimate of drug-likeness (QED) is 0.715. The zero-order chi connectivity index (χ0) is 19.8. The Labute approximate surface area is 168 Å². The van der Waals surface area contributed by atoms with E-state index in [0.717, 1.165) is 29.8 Å². The highest BCUT2D eigenvalue weighted by atomic mass is 19.1. The van der Waals surface area contributed by atoms with Gasteiger partial charge in [0.15, 0.2) is 5.82 Å². The summed E-state index contributed by atoms with van der Waals surface area (Å²) in [6, 6.07) is 10.8. The predicted molar refractivity (Wildman–Crippen MR) is 103 cm³/mol. The van der Waals surface area contributed by atoms with Crippen molar-refractivity contribution >= 4 is 0 Å². The van der Waals surface area contributed by atoms with Crippen LogP contribution in [0.3, 0.4) is 0 Å². The third-order valence-corrected chi connectivity index (χ3v) is 6.29. The van der Waals surface area contributed by atoms with Crippen LogP contribution in [0.1, 0.15) is 42.6 Å². The Morgan fingerprint density at radius 1 is 1.07 bits per heavy atom. The van der Waals surface area contributed by atoms with Crippen molar-refractivity contribution in [1.29, 1.82) is 0 Å². The first-order valence-electron chi connectivity index (χ1n) is 9.99. The van der Waals surface area contributed by atoms with E-state index in [4.69, 9.17) is 0 Å². The number of hydrogen-bond acceptors (Lipinski definition) is 6. The number of nitrogens with zero attached hydrogens (tertiary/aromatic N) is 6. The monoisotopic (exact) mass is 394 g/mol. The van der Waals surface area contributed by atoms with Crippen molar-refractivity contribution in [2.45, 2.75) is 56.5 Å². The fourth-order valence-electron chi connectivity index (χ4n) is 4.83. The smallest absolute Gasteiger partial charge is 0.165 e. The Hall–Kier alpha value is -2.71. The Balaban J connectivity index is 1.32. The van der Waals surface area contributed by atoms with Crippen molar-refractivity contribution in [2.24, 2.45) is 0 Å². The van der Waals surface area contributed by atoms with Gasteiger partial charge in [0.1, 0.15) is 5.82 Å². The van der Waals surface area contributed by atoms with Gasteiger partial charge in [-0.05, 0) is 59.9 Å². The molecule has 3 aromatic rings. The van der Waals surface area contributed by atoms with Gasteiger partial charge in [-0.25, -0.2) is 9.07 Å². The van der Waals surface area contributed by atoms with E-state index in [0.29, 0.717) is 25.9 Å². The number of aromatic nitrogens is 5. The summed E-state index contributed by atoms with van der Waals surface area (Å²) in [6.45, 7) is 1.15. The van der Waals surface area contributed by atoms with Gasteiger partial charge in [0.2, 0.25) is 0 Å². The molecule has 0 aliphatic carbocycles. The van der Waals surface area contributed by atoms with Gasteiger partial charge in [-0.1, -0.05) is 18.2 Å². The fourth-order valence-corrected chi connectivity index (χ4v) is 4.83. The lowest BCUT2D eigenvalue weighted by atomic mass is 9.81. The van der Waals surface area contributed by atoms with E-state index < -0.39 is 5.60 Å². The van der Waals surface area contributed by atoms with Gasteiger partial charge >= 0.3 is 0 Å². The Bertz CT molecular complexity index is 962. The molecular formula is C21H23FN6O. The van der Waals surface area contributed by atoms with E-state index >= 15 is 0 Å². The molecule has 2 bridgehead atoms. The first-order chi connectivity index (χ1) is 14.1. The second-order valence-corrected chi connectivity index (χ2v) is 8.12. The number of fused-ring (bicyclic) bond motifs is 2. The van der Waals surface area contributed by atoms with Crippen molar-refractivity contribution in [1.82, 2.24) is 30.1 Å². The van der Waals surface area contributed by atoms with Crippen molar-refractivity contribution in [3.05, 3.63) is 71.6 Å². The van der Waals surface area contributed by atoms with Gasteiger partial charge in [0.25, 0.3) is 0 Å². The zero-order valence-electron chi connectivity index (χ0n) is 16.0. The maximum atomic E-state index is 13.2. The first-order valence-corrected chi connectivity index (χ1v) is 9.99. The van der Waals surface area contributed by atoms with Crippen LogP contribution in [0, 0.1) is 5.82 Å². The van der Waals surface area contributed by atoms with Crippen LogP contribution < -0.4 is 0 Å². The molecule has 5 rings (SSSR count). The van der Waals surface area contributed by atoms with Crippen molar-refractivity contribution in [3.8, 4) is 0 Å². The lowest BCUT2D eigenvalue weighted by molar-refractivity contribution is -0.0606. The molecule has 0 spiro atoms. The lowest BCUT2D eigenvalue weighted by Crippen LogP contribution is -2.49. The van der Waals surface area contributed by atoms with Crippen LogP contribution in [-0.4, -0.2) is 47.3 Å². The van der Waals surface area contributed by atoms with Gasteiger partial charge in [-0.2, -0.15) is 0 Å².